The molecule has 0 amide bonds. The Morgan fingerprint density at radius 1 is 1.00 bits per heavy atom. The highest BCUT2D eigenvalue weighted by molar-refractivity contribution is 7.92. The van der Waals surface area contributed by atoms with E-state index in [2.05, 4.69) is 0 Å². The van der Waals surface area contributed by atoms with E-state index in [1.165, 1.54) is 11.4 Å². The first-order chi connectivity index (χ1) is 12.8. The molecule has 0 unspecified atom stereocenters. The number of ether oxygens (including phenoxy) is 1. The van der Waals surface area contributed by atoms with E-state index < -0.39 is 16.0 Å². The summed E-state index contributed by atoms with van der Waals surface area (Å²) < 4.78 is 32.4. The first-order valence-electron chi connectivity index (χ1n) is 8.60. The smallest absolute Gasteiger partial charge is 0.338 e. The minimum absolute atomic E-state index is 0.220. The number of fused-ring (bicyclic) bond motifs is 1. The summed E-state index contributed by atoms with van der Waals surface area (Å²) in [6.07, 6.45) is 0. The maximum atomic E-state index is 13.1. The van der Waals surface area contributed by atoms with Gasteiger partial charge in [0.25, 0.3) is 10.0 Å². The number of benzene rings is 3. The van der Waals surface area contributed by atoms with Crippen molar-refractivity contribution in [3.63, 3.8) is 0 Å². The Morgan fingerprint density at radius 3 is 2.37 bits per heavy atom. The number of carbonyl (C=O) groups excluding carboxylic acids is 1. The first-order valence-corrected chi connectivity index (χ1v) is 10.0. The van der Waals surface area contributed by atoms with Gasteiger partial charge in [-0.1, -0.05) is 30.3 Å². The minimum Gasteiger partial charge on any atom is -0.462 e. The molecule has 5 nitrogen and oxygen atoms in total. The molecule has 3 rings (SSSR count). The highest BCUT2D eigenvalue weighted by Crippen LogP contribution is 2.28. The van der Waals surface area contributed by atoms with Crippen LogP contribution in [-0.4, -0.2) is 28.0 Å². The van der Waals surface area contributed by atoms with Gasteiger partial charge in [-0.15, -0.1) is 0 Å². The average Bonchev–Trinajstić information content (AvgIpc) is 2.67. The zero-order valence-corrected chi connectivity index (χ0v) is 16.3. The van der Waals surface area contributed by atoms with Crippen LogP contribution in [0.2, 0.25) is 0 Å². The summed E-state index contributed by atoms with van der Waals surface area (Å²) in [7, 11) is -2.22. The number of carbonyl (C=O) groups is 1. The monoisotopic (exact) mass is 383 g/mol. The van der Waals surface area contributed by atoms with E-state index in [0.717, 1.165) is 10.8 Å². The van der Waals surface area contributed by atoms with Gasteiger partial charge in [-0.25, -0.2) is 13.2 Å². The standard InChI is InChI=1S/C21H21NO4S/c1-4-26-21(23)18-10-12-20(15(2)13-18)22(3)27(24,25)19-11-9-16-7-5-6-8-17(16)14-19/h5-14H,4H2,1-3H3. The predicted molar refractivity (Wildman–Crippen MR) is 107 cm³/mol. The van der Waals surface area contributed by atoms with Gasteiger partial charge < -0.3 is 4.74 Å². The molecule has 0 aliphatic carbocycles. The molecule has 0 N–H and O–H groups in total. The van der Waals surface area contributed by atoms with E-state index in [-0.39, 0.29) is 11.5 Å². The fraction of sp³-hybridized carbons (Fsp3) is 0.190. The van der Waals surface area contributed by atoms with Gasteiger partial charge in [0.1, 0.15) is 0 Å². The summed E-state index contributed by atoms with van der Waals surface area (Å²) in [4.78, 5) is 12.1. The molecule has 3 aromatic rings. The van der Waals surface area contributed by atoms with Crippen molar-refractivity contribution in [3.05, 3.63) is 71.8 Å². The van der Waals surface area contributed by atoms with Gasteiger partial charge in [0.05, 0.1) is 22.8 Å². The highest BCUT2D eigenvalue weighted by Gasteiger charge is 2.23. The number of rotatable bonds is 5. The Hall–Kier alpha value is -2.86. The molecule has 0 fully saturated rings. The van der Waals surface area contributed by atoms with Crippen molar-refractivity contribution < 1.29 is 17.9 Å². The van der Waals surface area contributed by atoms with E-state index in [0.29, 0.717) is 16.8 Å². The maximum absolute atomic E-state index is 13.1. The normalized spacial score (nSPS) is 11.4. The molecule has 0 radical (unpaired) electrons. The van der Waals surface area contributed by atoms with Gasteiger partial charge in [-0.2, -0.15) is 0 Å². The van der Waals surface area contributed by atoms with Crippen LogP contribution in [0.1, 0.15) is 22.8 Å². The van der Waals surface area contributed by atoms with Gasteiger partial charge in [-0.3, -0.25) is 4.31 Å². The van der Waals surface area contributed by atoms with Crippen LogP contribution >= 0.6 is 0 Å². The third-order valence-electron chi connectivity index (χ3n) is 4.43. The van der Waals surface area contributed by atoms with Crippen molar-refractivity contribution in [2.45, 2.75) is 18.7 Å². The molecule has 0 aliphatic heterocycles. The second kappa shape index (κ2) is 7.40. The van der Waals surface area contributed by atoms with E-state index in [4.69, 9.17) is 4.74 Å². The van der Waals surface area contributed by atoms with Crippen molar-refractivity contribution >= 4 is 32.5 Å². The summed E-state index contributed by atoms with van der Waals surface area (Å²) in [6, 6.07) is 17.5. The molecule has 0 saturated carbocycles. The van der Waals surface area contributed by atoms with E-state index in [1.54, 1.807) is 50.2 Å². The van der Waals surface area contributed by atoms with Crippen molar-refractivity contribution in [1.82, 2.24) is 0 Å². The Morgan fingerprint density at radius 2 is 1.70 bits per heavy atom. The lowest BCUT2D eigenvalue weighted by atomic mass is 10.1. The van der Waals surface area contributed by atoms with E-state index >= 15 is 0 Å². The molecule has 140 valence electrons. The Bertz CT molecular complexity index is 1110. The first kappa shape index (κ1) is 18.9. The minimum atomic E-state index is -3.73. The molecule has 0 spiro atoms. The molecule has 0 heterocycles. The van der Waals surface area contributed by atoms with Crippen LogP contribution in [0.15, 0.2) is 65.6 Å². The topological polar surface area (TPSA) is 63.7 Å². The highest BCUT2D eigenvalue weighted by atomic mass is 32.2. The molecule has 0 saturated heterocycles. The van der Waals surface area contributed by atoms with E-state index in [9.17, 15) is 13.2 Å². The number of hydrogen-bond donors (Lipinski definition) is 0. The summed E-state index contributed by atoms with van der Waals surface area (Å²) in [5.41, 5.74) is 1.58. The van der Waals surface area contributed by atoms with Crippen LogP contribution in [0.4, 0.5) is 5.69 Å². The summed E-state index contributed by atoms with van der Waals surface area (Å²) >= 11 is 0. The fourth-order valence-electron chi connectivity index (χ4n) is 2.97. The van der Waals surface area contributed by atoms with Crippen molar-refractivity contribution in [2.24, 2.45) is 0 Å². The van der Waals surface area contributed by atoms with Gasteiger partial charge in [0.2, 0.25) is 0 Å². The number of hydrogen-bond acceptors (Lipinski definition) is 4. The fourth-order valence-corrected chi connectivity index (χ4v) is 4.26. The van der Waals surface area contributed by atoms with Crippen LogP contribution in [0.25, 0.3) is 10.8 Å². The summed E-state index contributed by atoms with van der Waals surface area (Å²) in [5, 5.41) is 1.84. The third-order valence-corrected chi connectivity index (χ3v) is 6.19. The van der Waals surface area contributed by atoms with Crippen LogP contribution in [-0.2, 0) is 14.8 Å². The number of anilines is 1. The Balaban J connectivity index is 1.97. The summed E-state index contributed by atoms with van der Waals surface area (Å²) in [6.45, 7) is 3.80. The zero-order chi connectivity index (χ0) is 19.6. The molecule has 6 heteroatoms. The SMILES string of the molecule is CCOC(=O)c1ccc(N(C)S(=O)(=O)c2ccc3ccccc3c2)c(C)c1. The van der Waals surface area contributed by atoms with Gasteiger partial charge in [0.15, 0.2) is 0 Å². The van der Waals surface area contributed by atoms with Gasteiger partial charge >= 0.3 is 5.97 Å². The van der Waals surface area contributed by atoms with Crippen LogP contribution < -0.4 is 4.31 Å². The second-order valence-electron chi connectivity index (χ2n) is 6.20. The van der Waals surface area contributed by atoms with Crippen LogP contribution in [0, 0.1) is 6.92 Å². The predicted octanol–water partition coefficient (Wildman–Crippen LogP) is 4.15. The van der Waals surface area contributed by atoms with E-state index in [1.807, 2.05) is 24.3 Å². The van der Waals surface area contributed by atoms with Crippen molar-refractivity contribution in [1.29, 1.82) is 0 Å². The molecule has 0 atom stereocenters. The molecular formula is C21H21NO4S. The van der Waals surface area contributed by atoms with Crippen molar-refractivity contribution in [3.8, 4) is 0 Å². The Kier molecular flexibility index (Phi) is 5.19. The summed E-state index contributed by atoms with van der Waals surface area (Å²) in [5.74, 6) is -0.424. The lowest BCUT2D eigenvalue weighted by molar-refractivity contribution is 0.0526. The largest absolute Gasteiger partial charge is 0.462 e. The quantitative estimate of drug-likeness (QED) is 0.621. The third kappa shape index (κ3) is 3.66. The average molecular weight is 383 g/mol. The molecule has 0 bridgehead atoms. The number of aryl methyl sites for hydroxylation is 1. The molecule has 0 aliphatic rings. The van der Waals surface area contributed by atoms with Crippen LogP contribution in [0.3, 0.4) is 0 Å². The lowest BCUT2D eigenvalue weighted by Crippen LogP contribution is -2.27. The molecule has 3 aromatic carbocycles. The molecule has 27 heavy (non-hydrogen) atoms. The lowest BCUT2D eigenvalue weighted by Gasteiger charge is -2.22. The molecule has 0 aromatic heterocycles. The zero-order valence-electron chi connectivity index (χ0n) is 15.5. The van der Waals surface area contributed by atoms with Crippen molar-refractivity contribution in [2.75, 3.05) is 18.0 Å². The van der Waals surface area contributed by atoms with Crippen LogP contribution in [0.5, 0.6) is 0 Å². The van der Waals surface area contributed by atoms with Gasteiger partial charge in [-0.05, 0) is 60.5 Å². The number of esters is 1. The molecular weight excluding hydrogens is 362 g/mol. The number of nitrogens with zero attached hydrogens (tertiary/aromatic N) is 1. The Labute approximate surface area is 159 Å². The maximum Gasteiger partial charge on any atom is 0.338 e. The second-order valence-corrected chi connectivity index (χ2v) is 8.17. The van der Waals surface area contributed by atoms with Gasteiger partial charge in [0, 0.05) is 7.05 Å². The number of sulfonamides is 1.